The van der Waals surface area contributed by atoms with Crippen LogP contribution in [-0.2, 0) is 9.31 Å². The van der Waals surface area contributed by atoms with Crippen molar-refractivity contribution in [2.75, 3.05) is 0 Å². The van der Waals surface area contributed by atoms with Gasteiger partial charge in [-0.2, -0.15) is 0 Å². The summed E-state index contributed by atoms with van der Waals surface area (Å²) in [6.07, 6.45) is -0.694. The lowest BCUT2D eigenvalue weighted by atomic mass is 9.77. The molecule has 0 bridgehead atoms. The molecule has 0 radical (unpaired) electrons. The summed E-state index contributed by atoms with van der Waals surface area (Å²) in [5.41, 5.74) is -0.277. The highest BCUT2D eigenvalue weighted by molar-refractivity contribution is 6.62. The highest BCUT2D eigenvalue weighted by Gasteiger charge is 2.51. The van der Waals surface area contributed by atoms with Gasteiger partial charge in [0, 0.05) is 5.56 Å². The minimum Gasteiger partial charge on any atom is -0.465 e. The van der Waals surface area contributed by atoms with E-state index in [0.29, 0.717) is 17.4 Å². The van der Waals surface area contributed by atoms with E-state index in [1.165, 1.54) is 6.07 Å². The van der Waals surface area contributed by atoms with Gasteiger partial charge in [-0.3, -0.25) is 0 Å². The summed E-state index contributed by atoms with van der Waals surface area (Å²) >= 11 is 0. The molecule has 0 spiro atoms. The van der Waals surface area contributed by atoms with E-state index in [4.69, 9.17) is 14.4 Å². The minimum atomic E-state index is -1.17. The fourth-order valence-electron chi connectivity index (χ4n) is 2.95. The van der Waals surface area contributed by atoms with Crippen molar-refractivity contribution in [1.82, 2.24) is 5.32 Å². The van der Waals surface area contributed by atoms with E-state index in [-0.39, 0.29) is 5.41 Å². The number of rotatable bonds is 4. The Hall–Kier alpha value is -1.60. The predicted octanol–water partition coefficient (Wildman–Crippen LogP) is 3.87. The number of halogens is 1. The molecule has 1 aliphatic heterocycles. The smallest absolute Gasteiger partial charge is 0.465 e. The van der Waals surface area contributed by atoms with Gasteiger partial charge in [0.2, 0.25) is 0 Å². The van der Waals surface area contributed by atoms with Gasteiger partial charge in [0.25, 0.3) is 0 Å². The molecule has 1 saturated heterocycles. The number of nitrogens with one attached hydrogen (secondary N) is 1. The minimum absolute atomic E-state index is 0.163. The molecule has 1 atom stereocenters. The number of carboxylic acid groups (broad SMARTS) is 1. The fraction of sp³-hybridized carbons (Fsp3) is 0.632. The zero-order valence-corrected chi connectivity index (χ0v) is 16.6. The molecular weight excluding hydrogens is 336 g/mol. The molecule has 0 aromatic heterocycles. The maximum Gasteiger partial charge on any atom is 0.494 e. The molecule has 1 aromatic carbocycles. The first-order valence-electron chi connectivity index (χ1n) is 8.86. The normalized spacial score (nSPS) is 20.1. The third kappa shape index (κ3) is 4.57. The number of hydrogen-bond acceptors (Lipinski definition) is 3. The average Bonchev–Trinajstić information content (AvgIpc) is 2.64. The van der Waals surface area contributed by atoms with Gasteiger partial charge in [0.15, 0.2) is 0 Å². The van der Waals surface area contributed by atoms with Crippen molar-refractivity contribution in [1.29, 1.82) is 0 Å². The van der Waals surface area contributed by atoms with Crippen LogP contribution < -0.4 is 10.8 Å². The lowest BCUT2D eigenvalue weighted by Gasteiger charge is -2.32. The monoisotopic (exact) mass is 365 g/mol. The highest BCUT2D eigenvalue weighted by Crippen LogP contribution is 2.37. The van der Waals surface area contributed by atoms with E-state index < -0.39 is 36.3 Å². The Morgan fingerprint density at radius 1 is 1.23 bits per heavy atom. The molecule has 2 N–H and O–H groups in total. The van der Waals surface area contributed by atoms with E-state index in [1.807, 2.05) is 48.5 Å². The summed E-state index contributed by atoms with van der Waals surface area (Å²) in [5.74, 6) is -0.472. The number of benzene rings is 1. The van der Waals surface area contributed by atoms with Crippen molar-refractivity contribution in [2.24, 2.45) is 5.41 Å². The number of hydrogen-bond donors (Lipinski definition) is 2. The Morgan fingerprint density at radius 2 is 1.77 bits per heavy atom. The summed E-state index contributed by atoms with van der Waals surface area (Å²) < 4.78 is 26.7. The molecule has 1 amide bonds. The maximum atomic E-state index is 14.8. The van der Waals surface area contributed by atoms with Gasteiger partial charge in [-0.05, 0) is 51.1 Å². The van der Waals surface area contributed by atoms with Crippen molar-refractivity contribution in [3.63, 3.8) is 0 Å². The molecule has 1 aliphatic rings. The zero-order valence-electron chi connectivity index (χ0n) is 16.6. The molecule has 0 saturated carbocycles. The summed E-state index contributed by atoms with van der Waals surface area (Å²) in [4.78, 5) is 11.1. The Bertz CT molecular complexity index is 669. The summed E-state index contributed by atoms with van der Waals surface area (Å²) in [7, 11) is -0.656. The van der Waals surface area contributed by atoms with Gasteiger partial charge in [-0.25, -0.2) is 9.18 Å². The van der Waals surface area contributed by atoms with Crippen LogP contribution in [0, 0.1) is 11.2 Å². The summed E-state index contributed by atoms with van der Waals surface area (Å²) in [6.45, 7) is 13.7. The van der Waals surface area contributed by atoms with Gasteiger partial charge in [0.1, 0.15) is 5.82 Å². The van der Waals surface area contributed by atoms with E-state index in [0.717, 1.165) is 0 Å². The zero-order chi connectivity index (χ0) is 19.9. The molecule has 2 rings (SSSR count). The van der Waals surface area contributed by atoms with Gasteiger partial charge in [-0.15, -0.1) is 0 Å². The van der Waals surface area contributed by atoms with E-state index >= 15 is 0 Å². The van der Waals surface area contributed by atoms with Crippen molar-refractivity contribution >= 4 is 18.7 Å². The molecule has 26 heavy (non-hydrogen) atoms. The second kappa shape index (κ2) is 6.85. The van der Waals surface area contributed by atoms with Gasteiger partial charge in [-0.1, -0.05) is 32.9 Å². The van der Waals surface area contributed by atoms with E-state index in [1.54, 1.807) is 12.1 Å². The lowest BCUT2D eigenvalue weighted by molar-refractivity contribution is 0.00578. The molecule has 0 aliphatic carbocycles. The van der Waals surface area contributed by atoms with E-state index in [9.17, 15) is 9.18 Å². The molecule has 1 aromatic rings. The van der Waals surface area contributed by atoms with Crippen LogP contribution in [0.5, 0.6) is 0 Å². The largest absolute Gasteiger partial charge is 0.494 e. The van der Waals surface area contributed by atoms with Crippen molar-refractivity contribution < 1.29 is 23.6 Å². The van der Waals surface area contributed by atoms with Gasteiger partial charge < -0.3 is 19.7 Å². The lowest BCUT2D eigenvalue weighted by Crippen LogP contribution is -2.41. The third-order valence-electron chi connectivity index (χ3n) is 5.04. The van der Waals surface area contributed by atoms with Crippen LogP contribution in [-0.4, -0.2) is 29.5 Å². The SMILES string of the molecule is CC(C)(C)C[C@@H](NC(=O)O)c1ccc(B2OC(C)(C)C(C)(C)O2)cc1F. The predicted molar refractivity (Wildman–Crippen MR) is 100 cm³/mol. The number of carbonyl (C=O) groups is 1. The topological polar surface area (TPSA) is 67.8 Å². The fourth-order valence-corrected chi connectivity index (χ4v) is 2.95. The standard InChI is InChI=1S/C19H29BFNO4/c1-17(2,3)11-15(22-16(23)24)13-9-8-12(10-14(13)21)20-25-18(4,5)19(6,7)26-20/h8-10,15,22H,11H2,1-7H3,(H,23,24)/t15-/m1/s1. The number of amides is 1. The van der Waals surface area contributed by atoms with Crippen LogP contribution in [0.4, 0.5) is 9.18 Å². The molecule has 7 heteroatoms. The molecule has 5 nitrogen and oxygen atoms in total. The molecular formula is C19H29BFNO4. The van der Waals surface area contributed by atoms with E-state index in [2.05, 4.69) is 5.32 Å². The van der Waals surface area contributed by atoms with Crippen LogP contribution in [0.15, 0.2) is 18.2 Å². The van der Waals surface area contributed by atoms with Crippen LogP contribution in [0.25, 0.3) is 0 Å². The second-order valence-electron chi connectivity index (χ2n) is 9.14. The van der Waals surface area contributed by atoms with Crippen molar-refractivity contribution in [2.45, 2.75) is 72.1 Å². The molecule has 144 valence electrons. The first-order valence-corrected chi connectivity index (χ1v) is 8.86. The first-order chi connectivity index (χ1) is 11.7. The Morgan fingerprint density at radius 3 is 2.19 bits per heavy atom. The third-order valence-corrected chi connectivity index (χ3v) is 5.04. The Labute approximate surface area is 155 Å². The Kier molecular flexibility index (Phi) is 5.46. The van der Waals surface area contributed by atoms with Gasteiger partial charge in [0.05, 0.1) is 17.2 Å². The summed E-state index contributed by atoms with van der Waals surface area (Å²) in [6, 6.07) is 4.10. The van der Waals surface area contributed by atoms with Crippen molar-refractivity contribution in [3.05, 3.63) is 29.6 Å². The first kappa shape index (κ1) is 20.7. The van der Waals surface area contributed by atoms with Crippen LogP contribution >= 0.6 is 0 Å². The Balaban J connectivity index is 2.29. The molecule has 1 heterocycles. The van der Waals surface area contributed by atoms with Gasteiger partial charge >= 0.3 is 13.2 Å². The molecule has 0 unspecified atom stereocenters. The van der Waals surface area contributed by atoms with Crippen molar-refractivity contribution in [3.8, 4) is 0 Å². The summed E-state index contributed by atoms with van der Waals surface area (Å²) in [5, 5.41) is 11.5. The highest BCUT2D eigenvalue weighted by atomic mass is 19.1. The molecule has 1 fully saturated rings. The van der Waals surface area contributed by atoms with Crippen LogP contribution in [0.1, 0.15) is 66.5 Å². The average molecular weight is 365 g/mol. The second-order valence-corrected chi connectivity index (χ2v) is 9.14. The maximum absolute atomic E-state index is 14.8. The van der Waals surface area contributed by atoms with Crippen LogP contribution in [0.2, 0.25) is 0 Å². The quantitative estimate of drug-likeness (QED) is 0.795. The van der Waals surface area contributed by atoms with Crippen LogP contribution in [0.3, 0.4) is 0 Å².